The largest absolute Gasteiger partial charge is 0.454 e. The minimum absolute atomic E-state index is 0.0623. The maximum Gasteiger partial charge on any atom is 0.346 e. The van der Waals surface area contributed by atoms with Crippen molar-refractivity contribution in [3.8, 4) is 0 Å². The van der Waals surface area contributed by atoms with Gasteiger partial charge in [0.05, 0.1) is 10.6 Å². The molecule has 1 unspecified atom stereocenters. The minimum atomic E-state index is -0.690. The highest BCUT2D eigenvalue weighted by molar-refractivity contribution is 5.94. The Kier molecular flexibility index (Phi) is 3.88. The van der Waals surface area contributed by atoms with E-state index in [1.165, 1.54) is 18.2 Å². The van der Waals surface area contributed by atoms with Crippen LogP contribution in [-0.2, 0) is 4.74 Å². The predicted molar refractivity (Wildman–Crippen MR) is 72.6 cm³/mol. The molecule has 0 bridgehead atoms. The number of nitro benzene ring substituents is 1. The number of hydrogen-bond donors (Lipinski definition) is 1. The van der Waals surface area contributed by atoms with Gasteiger partial charge in [0, 0.05) is 12.1 Å². The first kappa shape index (κ1) is 14.5. The van der Waals surface area contributed by atoms with Crippen molar-refractivity contribution in [2.24, 2.45) is 0 Å². The van der Waals surface area contributed by atoms with Crippen LogP contribution in [0.2, 0.25) is 0 Å². The summed E-state index contributed by atoms with van der Waals surface area (Å²) >= 11 is 0. The van der Waals surface area contributed by atoms with Crippen LogP contribution in [0.25, 0.3) is 0 Å². The molecule has 1 atom stereocenters. The fourth-order valence-electron chi connectivity index (χ4n) is 1.81. The summed E-state index contributed by atoms with van der Waals surface area (Å²) in [5, 5.41) is 14.3. The lowest BCUT2D eigenvalue weighted by Gasteiger charge is -2.13. The summed E-state index contributed by atoms with van der Waals surface area (Å²) < 4.78 is 9.93. The monoisotopic (exact) mass is 291 g/mol. The van der Waals surface area contributed by atoms with Crippen LogP contribution in [0.3, 0.4) is 0 Å². The van der Waals surface area contributed by atoms with Gasteiger partial charge in [-0.05, 0) is 19.4 Å². The Morgan fingerprint density at radius 2 is 2.24 bits per heavy atom. The first-order valence-electron chi connectivity index (χ1n) is 6.07. The summed E-state index contributed by atoms with van der Waals surface area (Å²) in [7, 11) is 0. The summed E-state index contributed by atoms with van der Waals surface area (Å²) in [6.45, 7) is 3.17. The zero-order valence-corrected chi connectivity index (χ0v) is 11.4. The van der Waals surface area contributed by atoms with Crippen molar-refractivity contribution in [2.75, 3.05) is 5.73 Å². The van der Waals surface area contributed by atoms with Crippen LogP contribution in [0.4, 0.5) is 11.6 Å². The summed E-state index contributed by atoms with van der Waals surface area (Å²) in [6, 6.07) is 5.87. The molecule has 0 aliphatic heterocycles. The standard InChI is InChI=1S/C13H13N3O5/c1-7-11(12(14)21-15-7)13(17)20-8(2)9-4-3-5-10(6-9)16(18)19/h3-6,8H,14H2,1-2H3. The SMILES string of the molecule is Cc1noc(N)c1C(=O)OC(C)c1cccc([N+](=O)[O-])c1. The normalized spacial score (nSPS) is 11.9. The molecule has 2 N–H and O–H groups in total. The second-order valence-corrected chi connectivity index (χ2v) is 4.41. The third-order valence-electron chi connectivity index (χ3n) is 2.93. The van der Waals surface area contributed by atoms with Crippen LogP contribution >= 0.6 is 0 Å². The van der Waals surface area contributed by atoms with E-state index in [1.807, 2.05) is 0 Å². The van der Waals surface area contributed by atoms with Gasteiger partial charge >= 0.3 is 5.97 Å². The second kappa shape index (κ2) is 5.61. The van der Waals surface area contributed by atoms with Crippen LogP contribution in [-0.4, -0.2) is 16.0 Å². The number of nitrogen functional groups attached to an aromatic ring is 1. The number of non-ortho nitro benzene ring substituents is 1. The van der Waals surface area contributed by atoms with Gasteiger partial charge in [0.25, 0.3) is 5.69 Å². The number of nitrogens with zero attached hydrogens (tertiary/aromatic N) is 2. The number of hydrogen-bond acceptors (Lipinski definition) is 7. The van der Waals surface area contributed by atoms with Crippen molar-refractivity contribution >= 4 is 17.5 Å². The van der Waals surface area contributed by atoms with E-state index < -0.39 is 17.0 Å². The quantitative estimate of drug-likeness (QED) is 0.521. The van der Waals surface area contributed by atoms with Gasteiger partial charge in [-0.25, -0.2) is 4.79 Å². The molecule has 1 aromatic heterocycles. The van der Waals surface area contributed by atoms with Gasteiger partial charge in [-0.3, -0.25) is 10.1 Å². The molecule has 110 valence electrons. The van der Waals surface area contributed by atoms with E-state index in [-0.39, 0.29) is 17.1 Å². The number of aryl methyl sites for hydroxylation is 1. The topological polar surface area (TPSA) is 121 Å². The first-order chi connectivity index (χ1) is 9.90. The number of aromatic nitrogens is 1. The highest BCUT2D eigenvalue weighted by Gasteiger charge is 2.23. The molecule has 2 rings (SSSR count). The zero-order chi connectivity index (χ0) is 15.6. The number of rotatable bonds is 4. The molecular weight excluding hydrogens is 278 g/mol. The third kappa shape index (κ3) is 2.99. The molecule has 0 radical (unpaired) electrons. The Bertz CT molecular complexity index is 675. The molecule has 0 aliphatic rings. The van der Waals surface area contributed by atoms with E-state index in [1.54, 1.807) is 19.9 Å². The van der Waals surface area contributed by atoms with E-state index >= 15 is 0 Å². The Morgan fingerprint density at radius 3 is 2.81 bits per heavy atom. The molecule has 0 spiro atoms. The molecule has 0 saturated heterocycles. The molecule has 1 aromatic carbocycles. The van der Waals surface area contributed by atoms with Gasteiger partial charge in [0.2, 0.25) is 5.88 Å². The summed E-state index contributed by atoms with van der Waals surface area (Å²) in [6.07, 6.45) is -0.675. The maximum absolute atomic E-state index is 12.0. The number of esters is 1. The maximum atomic E-state index is 12.0. The lowest BCUT2D eigenvalue weighted by atomic mass is 10.1. The lowest BCUT2D eigenvalue weighted by Crippen LogP contribution is -2.11. The molecule has 0 aliphatic carbocycles. The van der Waals surface area contributed by atoms with Crippen molar-refractivity contribution in [3.05, 3.63) is 51.2 Å². The van der Waals surface area contributed by atoms with Gasteiger partial charge in [0.15, 0.2) is 0 Å². The van der Waals surface area contributed by atoms with Crippen molar-refractivity contribution in [1.82, 2.24) is 5.16 Å². The van der Waals surface area contributed by atoms with Gasteiger partial charge in [0.1, 0.15) is 11.7 Å². The smallest absolute Gasteiger partial charge is 0.346 e. The van der Waals surface area contributed by atoms with Gasteiger partial charge < -0.3 is 15.0 Å². The third-order valence-corrected chi connectivity index (χ3v) is 2.93. The fourth-order valence-corrected chi connectivity index (χ4v) is 1.81. The number of carbonyl (C=O) groups is 1. The molecular formula is C13H13N3O5. The number of nitrogens with two attached hydrogens (primary N) is 1. The van der Waals surface area contributed by atoms with Crippen molar-refractivity contribution < 1.29 is 19.0 Å². The summed E-state index contributed by atoms with van der Waals surface area (Å²) in [5.74, 6) is -0.811. The van der Waals surface area contributed by atoms with E-state index in [2.05, 4.69) is 5.16 Å². The van der Waals surface area contributed by atoms with Crippen molar-refractivity contribution in [1.29, 1.82) is 0 Å². The van der Waals surface area contributed by atoms with Crippen molar-refractivity contribution in [2.45, 2.75) is 20.0 Å². The molecule has 2 aromatic rings. The van der Waals surface area contributed by atoms with Crippen molar-refractivity contribution in [3.63, 3.8) is 0 Å². The average molecular weight is 291 g/mol. The number of nitro groups is 1. The van der Waals surface area contributed by atoms with Crippen LogP contribution in [0.15, 0.2) is 28.8 Å². The van der Waals surface area contributed by atoms with Crippen LogP contribution in [0.1, 0.15) is 34.6 Å². The number of ether oxygens (including phenoxy) is 1. The first-order valence-corrected chi connectivity index (χ1v) is 6.07. The lowest BCUT2D eigenvalue weighted by molar-refractivity contribution is -0.385. The Labute approximate surface area is 119 Å². The predicted octanol–water partition coefficient (Wildman–Crippen LogP) is 2.39. The van der Waals surface area contributed by atoms with Gasteiger partial charge in [-0.15, -0.1) is 0 Å². The number of carbonyl (C=O) groups excluding carboxylic acids is 1. The van der Waals surface area contributed by atoms with E-state index in [9.17, 15) is 14.9 Å². The molecule has 8 heteroatoms. The molecule has 8 nitrogen and oxygen atoms in total. The molecule has 21 heavy (non-hydrogen) atoms. The highest BCUT2D eigenvalue weighted by atomic mass is 16.6. The second-order valence-electron chi connectivity index (χ2n) is 4.41. The minimum Gasteiger partial charge on any atom is -0.454 e. The van der Waals surface area contributed by atoms with Gasteiger partial charge in [-0.2, -0.15) is 0 Å². The van der Waals surface area contributed by atoms with E-state index in [0.717, 1.165) is 0 Å². The Morgan fingerprint density at radius 1 is 1.52 bits per heavy atom. The van der Waals surface area contributed by atoms with Gasteiger partial charge in [-0.1, -0.05) is 17.3 Å². The number of anilines is 1. The van der Waals surface area contributed by atoms with Crippen LogP contribution in [0, 0.1) is 17.0 Å². The molecule has 0 fully saturated rings. The van der Waals surface area contributed by atoms with Crippen LogP contribution < -0.4 is 5.73 Å². The summed E-state index contributed by atoms with van der Waals surface area (Å²) in [4.78, 5) is 22.2. The zero-order valence-electron chi connectivity index (χ0n) is 11.4. The Balaban J connectivity index is 2.18. The van der Waals surface area contributed by atoms with E-state index in [4.69, 9.17) is 15.0 Å². The molecule has 1 heterocycles. The average Bonchev–Trinajstić information content (AvgIpc) is 2.78. The Hall–Kier alpha value is -2.90. The molecule has 0 saturated carbocycles. The molecule has 0 amide bonds. The summed E-state index contributed by atoms with van der Waals surface area (Å²) in [5.41, 5.74) is 6.32. The van der Waals surface area contributed by atoms with E-state index in [0.29, 0.717) is 11.3 Å². The fraction of sp³-hybridized carbons (Fsp3) is 0.231. The van der Waals surface area contributed by atoms with Crippen LogP contribution in [0.5, 0.6) is 0 Å². The number of benzene rings is 1. The highest BCUT2D eigenvalue weighted by Crippen LogP contribution is 2.24.